The van der Waals surface area contributed by atoms with Crippen molar-refractivity contribution in [3.8, 4) is 9.88 Å². The molecule has 0 bridgehead atoms. The molecule has 0 aliphatic carbocycles. The number of hydrogen-bond acceptors (Lipinski definition) is 6. The van der Waals surface area contributed by atoms with Crippen LogP contribution in [0.5, 0.6) is 0 Å². The lowest BCUT2D eigenvalue weighted by Gasteiger charge is -2.08. The van der Waals surface area contributed by atoms with Crippen LogP contribution < -0.4 is 5.32 Å². The van der Waals surface area contributed by atoms with E-state index in [0.29, 0.717) is 0 Å². The predicted molar refractivity (Wildman–Crippen MR) is 94.6 cm³/mol. The highest BCUT2D eigenvalue weighted by Crippen LogP contribution is 2.37. The van der Waals surface area contributed by atoms with Gasteiger partial charge in [0.15, 0.2) is 5.01 Å². The molecule has 0 fully saturated rings. The molecule has 0 atom stereocenters. The molecule has 1 aliphatic rings. The maximum absolute atomic E-state index is 4.40. The lowest BCUT2D eigenvalue weighted by molar-refractivity contribution is 0.637. The zero-order valence-electron chi connectivity index (χ0n) is 12.4. The van der Waals surface area contributed by atoms with Crippen molar-refractivity contribution in [2.24, 2.45) is 0 Å². The first kappa shape index (κ1) is 15.5. The standard InChI is InChI=1S/C15H21N3S3/c1-2-6-16-7-3-4-14-17-18-15(21-14)13-9-11-10-19-8-5-12(11)20-13/h9,16H,2-8,10H2,1H3. The highest BCUT2D eigenvalue weighted by atomic mass is 32.2. The summed E-state index contributed by atoms with van der Waals surface area (Å²) in [5, 5.41) is 14.5. The van der Waals surface area contributed by atoms with E-state index in [2.05, 4.69) is 28.5 Å². The van der Waals surface area contributed by atoms with Crippen molar-refractivity contribution in [1.82, 2.24) is 15.5 Å². The molecular weight excluding hydrogens is 318 g/mol. The molecule has 0 unspecified atom stereocenters. The molecule has 6 heteroatoms. The quantitative estimate of drug-likeness (QED) is 0.774. The van der Waals surface area contributed by atoms with E-state index in [1.54, 1.807) is 16.2 Å². The summed E-state index contributed by atoms with van der Waals surface area (Å²) in [5.41, 5.74) is 1.52. The summed E-state index contributed by atoms with van der Waals surface area (Å²) in [6.45, 7) is 4.39. The van der Waals surface area contributed by atoms with Crippen LogP contribution in [-0.4, -0.2) is 29.0 Å². The van der Waals surface area contributed by atoms with Gasteiger partial charge in [-0.05, 0) is 49.7 Å². The largest absolute Gasteiger partial charge is 0.317 e. The molecule has 0 amide bonds. The Kier molecular flexibility index (Phi) is 5.68. The molecule has 21 heavy (non-hydrogen) atoms. The second-order valence-electron chi connectivity index (χ2n) is 5.22. The van der Waals surface area contributed by atoms with Crippen molar-refractivity contribution >= 4 is 34.4 Å². The molecule has 0 aromatic carbocycles. The Morgan fingerprint density at radius 3 is 3.05 bits per heavy atom. The van der Waals surface area contributed by atoms with Crippen LogP contribution in [0.4, 0.5) is 0 Å². The number of hydrogen-bond donors (Lipinski definition) is 1. The first-order valence-corrected chi connectivity index (χ1v) is 10.4. The molecular formula is C15H21N3S3. The number of thiophene rings is 1. The molecule has 0 radical (unpaired) electrons. The minimum atomic E-state index is 1.04. The number of nitrogens with zero attached hydrogens (tertiary/aromatic N) is 2. The van der Waals surface area contributed by atoms with Crippen molar-refractivity contribution in [1.29, 1.82) is 0 Å². The highest BCUT2D eigenvalue weighted by Gasteiger charge is 2.16. The third-order valence-corrected chi connectivity index (χ3v) is 6.87. The SMILES string of the molecule is CCCNCCCc1nnc(-c2cc3c(s2)CCSC3)s1. The fraction of sp³-hybridized carbons (Fsp3) is 0.600. The molecule has 3 heterocycles. The maximum Gasteiger partial charge on any atom is 0.157 e. The number of aryl methyl sites for hydroxylation is 2. The smallest absolute Gasteiger partial charge is 0.157 e. The van der Waals surface area contributed by atoms with Crippen LogP contribution in [0.2, 0.25) is 0 Å². The summed E-state index contributed by atoms with van der Waals surface area (Å²) in [6.07, 6.45) is 4.60. The average Bonchev–Trinajstić information content (AvgIpc) is 3.13. The van der Waals surface area contributed by atoms with Crippen LogP contribution in [0.3, 0.4) is 0 Å². The van der Waals surface area contributed by atoms with Crippen LogP contribution in [0.15, 0.2) is 6.07 Å². The Labute approximate surface area is 138 Å². The predicted octanol–water partition coefficient (Wildman–Crippen LogP) is 3.99. The first-order valence-electron chi connectivity index (χ1n) is 7.59. The van der Waals surface area contributed by atoms with Crippen LogP contribution in [0, 0.1) is 0 Å². The summed E-state index contributed by atoms with van der Waals surface area (Å²) in [5.74, 6) is 2.43. The van der Waals surface area contributed by atoms with Gasteiger partial charge in [-0.2, -0.15) is 11.8 Å². The lowest BCUT2D eigenvalue weighted by atomic mass is 10.2. The fourth-order valence-electron chi connectivity index (χ4n) is 2.37. The Morgan fingerprint density at radius 2 is 2.19 bits per heavy atom. The summed E-state index contributed by atoms with van der Waals surface area (Å²) < 4.78 is 0. The van der Waals surface area contributed by atoms with Gasteiger partial charge in [-0.25, -0.2) is 0 Å². The first-order chi connectivity index (χ1) is 10.4. The molecule has 3 rings (SSSR count). The van der Waals surface area contributed by atoms with Crippen molar-refractivity contribution in [2.45, 2.75) is 38.4 Å². The molecule has 0 saturated carbocycles. The van der Waals surface area contributed by atoms with E-state index in [1.807, 2.05) is 23.1 Å². The Bertz CT molecular complexity index is 553. The van der Waals surface area contributed by atoms with Crippen LogP contribution in [-0.2, 0) is 18.6 Å². The van der Waals surface area contributed by atoms with Gasteiger partial charge >= 0.3 is 0 Å². The summed E-state index contributed by atoms with van der Waals surface area (Å²) >= 11 is 5.72. The normalized spacial score (nSPS) is 14.3. The number of rotatable bonds is 7. The van der Waals surface area contributed by atoms with Gasteiger partial charge in [-0.3, -0.25) is 0 Å². The molecule has 0 spiro atoms. The minimum Gasteiger partial charge on any atom is -0.317 e. The third-order valence-electron chi connectivity index (χ3n) is 3.48. The van der Waals surface area contributed by atoms with E-state index in [-0.39, 0.29) is 0 Å². The molecule has 1 aliphatic heterocycles. The highest BCUT2D eigenvalue weighted by molar-refractivity contribution is 7.98. The Morgan fingerprint density at radius 1 is 1.24 bits per heavy atom. The van der Waals surface area contributed by atoms with E-state index in [4.69, 9.17) is 0 Å². The zero-order valence-corrected chi connectivity index (χ0v) is 14.8. The van der Waals surface area contributed by atoms with E-state index in [0.717, 1.165) is 30.9 Å². The number of fused-ring (bicyclic) bond motifs is 1. The van der Waals surface area contributed by atoms with Gasteiger partial charge in [0.05, 0.1) is 4.88 Å². The third kappa shape index (κ3) is 4.06. The topological polar surface area (TPSA) is 37.8 Å². The minimum absolute atomic E-state index is 1.04. The molecule has 2 aromatic rings. The maximum atomic E-state index is 4.40. The molecule has 114 valence electrons. The fourth-order valence-corrected chi connectivity index (χ4v) is 5.67. The van der Waals surface area contributed by atoms with Crippen molar-refractivity contribution in [3.05, 3.63) is 21.5 Å². The van der Waals surface area contributed by atoms with Crippen molar-refractivity contribution in [3.63, 3.8) is 0 Å². The van der Waals surface area contributed by atoms with E-state index < -0.39 is 0 Å². The van der Waals surface area contributed by atoms with Gasteiger partial charge < -0.3 is 5.32 Å². The average molecular weight is 340 g/mol. The summed E-state index contributed by atoms with van der Waals surface area (Å²) in [7, 11) is 0. The van der Waals surface area contributed by atoms with Gasteiger partial charge in [0.1, 0.15) is 5.01 Å². The summed E-state index contributed by atoms with van der Waals surface area (Å²) in [6, 6.07) is 2.33. The van der Waals surface area contributed by atoms with Crippen molar-refractivity contribution < 1.29 is 0 Å². The van der Waals surface area contributed by atoms with Gasteiger partial charge in [0, 0.05) is 17.1 Å². The van der Waals surface area contributed by atoms with Gasteiger partial charge in [0.25, 0.3) is 0 Å². The van der Waals surface area contributed by atoms with E-state index in [1.165, 1.54) is 39.8 Å². The molecule has 1 N–H and O–H groups in total. The summed E-state index contributed by atoms with van der Waals surface area (Å²) in [4.78, 5) is 2.87. The van der Waals surface area contributed by atoms with E-state index >= 15 is 0 Å². The van der Waals surface area contributed by atoms with Crippen LogP contribution in [0.25, 0.3) is 9.88 Å². The lowest BCUT2D eigenvalue weighted by Crippen LogP contribution is -2.16. The molecule has 0 saturated heterocycles. The van der Waals surface area contributed by atoms with E-state index in [9.17, 15) is 0 Å². The second-order valence-corrected chi connectivity index (χ2v) is 8.52. The zero-order chi connectivity index (χ0) is 14.5. The Hall–Kier alpha value is -0.430. The van der Waals surface area contributed by atoms with Crippen LogP contribution in [0.1, 0.15) is 35.2 Å². The molecule has 3 nitrogen and oxygen atoms in total. The van der Waals surface area contributed by atoms with Gasteiger partial charge in [-0.15, -0.1) is 21.5 Å². The monoisotopic (exact) mass is 339 g/mol. The second kappa shape index (κ2) is 7.72. The Balaban J connectivity index is 1.58. The van der Waals surface area contributed by atoms with Gasteiger partial charge in [-0.1, -0.05) is 18.3 Å². The number of aromatic nitrogens is 2. The number of thioether (sulfide) groups is 1. The van der Waals surface area contributed by atoms with Crippen molar-refractivity contribution in [2.75, 3.05) is 18.8 Å². The number of nitrogens with one attached hydrogen (secondary N) is 1. The van der Waals surface area contributed by atoms with Crippen LogP contribution >= 0.6 is 34.4 Å². The van der Waals surface area contributed by atoms with Gasteiger partial charge in [0.2, 0.25) is 0 Å². The molecule has 2 aromatic heterocycles.